The Balaban J connectivity index is 2.54. The van der Waals surface area contributed by atoms with Crippen LogP contribution in [-0.2, 0) is 6.54 Å². The van der Waals surface area contributed by atoms with Crippen LogP contribution >= 0.6 is 0 Å². The van der Waals surface area contributed by atoms with Crippen molar-refractivity contribution in [2.45, 2.75) is 32.4 Å². The molecule has 0 radical (unpaired) electrons. The first-order valence-electron chi connectivity index (χ1n) is 6.11. The zero-order valence-electron chi connectivity index (χ0n) is 11.7. The first-order chi connectivity index (χ1) is 8.31. The number of hydrogen-bond acceptors (Lipinski definition) is 3. The second-order valence-electron chi connectivity index (χ2n) is 5.45. The Labute approximate surface area is 109 Å². The number of nitrogens with two attached hydrogens (primary N) is 1. The Kier molecular flexibility index (Phi) is 5.11. The Morgan fingerprint density at radius 2 is 2.06 bits per heavy atom. The molecule has 1 aromatic rings. The van der Waals surface area contributed by atoms with Crippen LogP contribution in [0.4, 0.5) is 4.39 Å². The Hall–Kier alpha value is -1.13. The molecule has 18 heavy (non-hydrogen) atoms. The van der Waals surface area contributed by atoms with Crippen molar-refractivity contribution in [2.75, 3.05) is 20.7 Å². The summed E-state index contributed by atoms with van der Waals surface area (Å²) in [5, 5.41) is 0. The van der Waals surface area contributed by atoms with E-state index in [9.17, 15) is 4.39 Å². The van der Waals surface area contributed by atoms with Crippen molar-refractivity contribution in [3.63, 3.8) is 0 Å². The molecule has 1 aromatic carbocycles. The predicted molar refractivity (Wildman–Crippen MR) is 72.2 cm³/mol. The third-order valence-electron chi connectivity index (χ3n) is 2.81. The summed E-state index contributed by atoms with van der Waals surface area (Å²) in [4.78, 5) is 2.13. The Bertz CT molecular complexity index is 388. The molecule has 0 unspecified atom stereocenters. The summed E-state index contributed by atoms with van der Waals surface area (Å²) < 4.78 is 18.4. The van der Waals surface area contributed by atoms with Crippen molar-refractivity contribution in [1.29, 1.82) is 0 Å². The van der Waals surface area contributed by atoms with Crippen LogP contribution in [0.25, 0.3) is 0 Å². The number of benzene rings is 1. The lowest BCUT2D eigenvalue weighted by Gasteiger charge is -2.23. The maximum atomic E-state index is 13.5. The second-order valence-corrected chi connectivity index (χ2v) is 5.45. The molecule has 0 spiro atoms. The van der Waals surface area contributed by atoms with Gasteiger partial charge >= 0.3 is 0 Å². The zero-order chi connectivity index (χ0) is 13.8. The van der Waals surface area contributed by atoms with Gasteiger partial charge in [-0.3, -0.25) is 0 Å². The highest BCUT2D eigenvalue weighted by atomic mass is 19.1. The average molecular weight is 254 g/mol. The molecule has 4 heteroatoms. The van der Waals surface area contributed by atoms with E-state index in [0.717, 1.165) is 18.5 Å². The van der Waals surface area contributed by atoms with Crippen LogP contribution in [0.5, 0.6) is 5.75 Å². The molecule has 0 aromatic heterocycles. The van der Waals surface area contributed by atoms with E-state index in [1.165, 1.54) is 13.2 Å². The summed E-state index contributed by atoms with van der Waals surface area (Å²) in [6.07, 6.45) is 0.905. The molecule has 0 amide bonds. The molecule has 0 saturated heterocycles. The van der Waals surface area contributed by atoms with Crippen molar-refractivity contribution in [2.24, 2.45) is 5.73 Å². The van der Waals surface area contributed by atoms with Crippen molar-refractivity contribution in [3.05, 3.63) is 29.6 Å². The van der Waals surface area contributed by atoms with E-state index in [1.54, 1.807) is 6.07 Å². The molecule has 3 nitrogen and oxygen atoms in total. The van der Waals surface area contributed by atoms with Crippen LogP contribution in [0.3, 0.4) is 0 Å². The maximum Gasteiger partial charge on any atom is 0.165 e. The third kappa shape index (κ3) is 5.02. The second kappa shape index (κ2) is 6.16. The van der Waals surface area contributed by atoms with Crippen LogP contribution in [0, 0.1) is 5.82 Å². The molecular weight excluding hydrogens is 231 g/mol. The van der Waals surface area contributed by atoms with Crippen molar-refractivity contribution < 1.29 is 9.13 Å². The number of ether oxygens (including phenoxy) is 1. The lowest BCUT2D eigenvalue weighted by molar-refractivity contribution is 0.288. The lowest BCUT2D eigenvalue weighted by atomic mass is 10.0. The minimum absolute atomic E-state index is 0.167. The van der Waals surface area contributed by atoms with Crippen LogP contribution in [0.2, 0.25) is 0 Å². The van der Waals surface area contributed by atoms with Gasteiger partial charge < -0.3 is 15.4 Å². The van der Waals surface area contributed by atoms with Gasteiger partial charge in [-0.05, 0) is 51.6 Å². The number of methoxy groups -OCH3 is 1. The van der Waals surface area contributed by atoms with Gasteiger partial charge in [-0.25, -0.2) is 4.39 Å². The summed E-state index contributed by atoms with van der Waals surface area (Å²) in [6.45, 7) is 5.61. The summed E-state index contributed by atoms with van der Waals surface area (Å²) in [6, 6.07) is 5.06. The first-order valence-corrected chi connectivity index (χ1v) is 6.11. The summed E-state index contributed by atoms with van der Waals surface area (Å²) in [5.41, 5.74) is 6.70. The number of hydrogen-bond donors (Lipinski definition) is 1. The lowest BCUT2D eigenvalue weighted by Crippen LogP contribution is -2.36. The molecule has 0 saturated carbocycles. The smallest absolute Gasteiger partial charge is 0.165 e. The third-order valence-corrected chi connectivity index (χ3v) is 2.81. The SMILES string of the molecule is COc1ccc(CN(C)CCC(C)(C)N)cc1F. The van der Waals surface area contributed by atoms with Crippen molar-refractivity contribution >= 4 is 0 Å². The minimum Gasteiger partial charge on any atom is -0.494 e. The van der Waals surface area contributed by atoms with E-state index in [2.05, 4.69) is 4.90 Å². The molecule has 0 aliphatic heterocycles. The monoisotopic (exact) mass is 254 g/mol. The van der Waals surface area contributed by atoms with Gasteiger partial charge in [0.15, 0.2) is 11.6 Å². The average Bonchev–Trinajstić information content (AvgIpc) is 2.26. The van der Waals surface area contributed by atoms with E-state index in [0.29, 0.717) is 6.54 Å². The van der Waals surface area contributed by atoms with Crippen LogP contribution in [0.15, 0.2) is 18.2 Å². The standard InChI is InChI=1S/C14H23FN2O/c1-14(2,16)7-8-17(3)10-11-5-6-13(18-4)12(15)9-11/h5-6,9H,7-8,10,16H2,1-4H3. The molecule has 0 bridgehead atoms. The molecule has 1 rings (SSSR count). The van der Waals surface area contributed by atoms with E-state index < -0.39 is 0 Å². The molecule has 102 valence electrons. The molecule has 0 atom stereocenters. The summed E-state index contributed by atoms with van der Waals surface area (Å²) >= 11 is 0. The first kappa shape index (κ1) is 14.9. The number of nitrogens with zero attached hydrogens (tertiary/aromatic N) is 1. The number of rotatable bonds is 6. The Morgan fingerprint density at radius 1 is 1.39 bits per heavy atom. The van der Waals surface area contributed by atoms with E-state index in [1.807, 2.05) is 27.0 Å². The van der Waals surface area contributed by atoms with E-state index in [4.69, 9.17) is 10.5 Å². The maximum absolute atomic E-state index is 13.5. The minimum atomic E-state index is -0.317. The largest absolute Gasteiger partial charge is 0.494 e. The molecule has 0 aliphatic carbocycles. The van der Waals surface area contributed by atoms with Crippen molar-refractivity contribution in [3.8, 4) is 5.75 Å². The van der Waals surface area contributed by atoms with Gasteiger partial charge in [0.25, 0.3) is 0 Å². The van der Waals surface area contributed by atoms with Gasteiger partial charge in [-0.1, -0.05) is 6.07 Å². The van der Waals surface area contributed by atoms with Gasteiger partial charge in [0.2, 0.25) is 0 Å². The topological polar surface area (TPSA) is 38.5 Å². The molecule has 0 heterocycles. The van der Waals surface area contributed by atoms with Crippen molar-refractivity contribution in [1.82, 2.24) is 4.90 Å². The van der Waals surface area contributed by atoms with Crippen LogP contribution in [0.1, 0.15) is 25.8 Å². The highest BCUT2D eigenvalue weighted by molar-refractivity contribution is 5.29. The quantitative estimate of drug-likeness (QED) is 0.847. The van der Waals surface area contributed by atoms with Gasteiger partial charge in [0.1, 0.15) is 0 Å². The molecule has 0 fully saturated rings. The highest BCUT2D eigenvalue weighted by Crippen LogP contribution is 2.18. The highest BCUT2D eigenvalue weighted by Gasteiger charge is 2.12. The molecule has 0 aliphatic rings. The van der Waals surface area contributed by atoms with Crippen LogP contribution < -0.4 is 10.5 Å². The fourth-order valence-electron chi connectivity index (χ4n) is 1.68. The Morgan fingerprint density at radius 3 is 2.56 bits per heavy atom. The van der Waals surface area contributed by atoms with Crippen LogP contribution in [-0.4, -0.2) is 31.1 Å². The summed E-state index contributed by atoms with van der Waals surface area (Å²) in [5.74, 6) is -0.0351. The predicted octanol–water partition coefficient (Wildman–Crippen LogP) is 2.39. The summed E-state index contributed by atoms with van der Waals surface area (Å²) in [7, 11) is 3.47. The van der Waals surface area contributed by atoms with Gasteiger partial charge in [0.05, 0.1) is 7.11 Å². The fourth-order valence-corrected chi connectivity index (χ4v) is 1.68. The normalized spacial score (nSPS) is 11.9. The van der Waals surface area contributed by atoms with Gasteiger partial charge in [-0.15, -0.1) is 0 Å². The molecule has 2 N–H and O–H groups in total. The zero-order valence-corrected chi connectivity index (χ0v) is 11.7. The fraction of sp³-hybridized carbons (Fsp3) is 0.571. The molecular formula is C14H23FN2O. The van der Waals surface area contributed by atoms with E-state index >= 15 is 0 Å². The van der Waals surface area contributed by atoms with Gasteiger partial charge in [-0.2, -0.15) is 0 Å². The van der Waals surface area contributed by atoms with Gasteiger partial charge in [0, 0.05) is 12.1 Å². The number of halogens is 1. The van der Waals surface area contributed by atoms with E-state index in [-0.39, 0.29) is 17.1 Å².